The van der Waals surface area contributed by atoms with E-state index in [2.05, 4.69) is 11.1 Å². The number of aromatic nitrogens is 1. The molecule has 0 amide bonds. The summed E-state index contributed by atoms with van der Waals surface area (Å²) in [5.74, 6) is 0. The van der Waals surface area contributed by atoms with Gasteiger partial charge in [0, 0.05) is 6.20 Å². The average molecular weight is 250 g/mol. The molecule has 1 aromatic heterocycles. The van der Waals surface area contributed by atoms with E-state index in [0.717, 1.165) is 30.6 Å². The number of nitrogens with zero attached hydrogens (tertiary/aromatic N) is 2. The quantitative estimate of drug-likeness (QED) is 0.874. The third-order valence-corrected chi connectivity index (χ3v) is 4.54. The SMILES string of the molecule is N#CC1(C(O)c2cncs2)CCCCCCC1. The van der Waals surface area contributed by atoms with Gasteiger partial charge in [0.05, 0.1) is 21.9 Å². The molecule has 1 unspecified atom stereocenters. The molecule has 17 heavy (non-hydrogen) atoms. The number of rotatable bonds is 2. The highest BCUT2D eigenvalue weighted by Gasteiger charge is 2.39. The van der Waals surface area contributed by atoms with Crippen LogP contribution in [-0.2, 0) is 0 Å². The fourth-order valence-electron chi connectivity index (χ4n) is 2.62. The molecular formula is C13H18N2OS. The van der Waals surface area contributed by atoms with Crippen molar-refractivity contribution in [3.8, 4) is 6.07 Å². The summed E-state index contributed by atoms with van der Waals surface area (Å²) in [6.07, 6.45) is 8.35. The molecule has 1 atom stereocenters. The largest absolute Gasteiger partial charge is 0.386 e. The lowest BCUT2D eigenvalue weighted by molar-refractivity contribution is 0.0461. The van der Waals surface area contributed by atoms with Gasteiger partial charge in [0.2, 0.25) is 0 Å². The Bertz CT molecular complexity index is 375. The minimum Gasteiger partial charge on any atom is -0.386 e. The number of hydrogen-bond acceptors (Lipinski definition) is 4. The summed E-state index contributed by atoms with van der Waals surface area (Å²) in [4.78, 5) is 4.82. The van der Waals surface area contributed by atoms with Crippen molar-refractivity contribution in [2.24, 2.45) is 5.41 Å². The molecule has 0 aliphatic heterocycles. The lowest BCUT2D eigenvalue weighted by Crippen LogP contribution is -2.28. The monoisotopic (exact) mass is 250 g/mol. The van der Waals surface area contributed by atoms with Crippen LogP contribution in [0.2, 0.25) is 0 Å². The fraction of sp³-hybridized carbons (Fsp3) is 0.692. The first kappa shape index (κ1) is 12.5. The fourth-order valence-corrected chi connectivity index (χ4v) is 3.34. The van der Waals surface area contributed by atoms with Crippen LogP contribution in [0.15, 0.2) is 11.7 Å². The maximum absolute atomic E-state index is 10.4. The van der Waals surface area contributed by atoms with Crippen molar-refractivity contribution < 1.29 is 5.11 Å². The Hall–Kier alpha value is -0.920. The summed E-state index contributed by atoms with van der Waals surface area (Å²) in [6.45, 7) is 0. The molecular weight excluding hydrogens is 232 g/mol. The number of nitriles is 1. The maximum Gasteiger partial charge on any atom is 0.108 e. The number of hydrogen-bond donors (Lipinski definition) is 1. The Balaban J connectivity index is 2.19. The van der Waals surface area contributed by atoms with Crippen LogP contribution in [0.4, 0.5) is 0 Å². The topological polar surface area (TPSA) is 56.9 Å². The van der Waals surface area contributed by atoms with Crippen molar-refractivity contribution in [2.45, 2.75) is 51.0 Å². The van der Waals surface area contributed by atoms with Gasteiger partial charge in [-0.25, -0.2) is 0 Å². The van der Waals surface area contributed by atoms with Gasteiger partial charge in [-0.3, -0.25) is 4.98 Å². The van der Waals surface area contributed by atoms with Crippen molar-refractivity contribution in [3.05, 3.63) is 16.6 Å². The first-order valence-corrected chi connectivity index (χ1v) is 7.14. The second kappa shape index (κ2) is 5.61. The number of aliphatic hydroxyl groups is 1. The lowest BCUT2D eigenvalue weighted by Gasteiger charge is -2.32. The molecule has 2 rings (SSSR count). The molecule has 0 aromatic carbocycles. The van der Waals surface area contributed by atoms with Crippen LogP contribution >= 0.6 is 11.3 Å². The van der Waals surface area contributed by atoms with Gasteiger partial charge in [-0.05, 0) is 12.8 Å². The van der Waals surface area contributed by atoms with Crippen molar-refractivity contribution in [3.63, 3.8) is 0 Å². The molecule has 1 saturated carbocycles. The van der Waals surface area contributed by atoms with Crippen molar-refractivity contribution in [2.75, 3.05) is 0 Å². The maximum atomic E-state index is 10.4. The van der Waals surface area contributed by atoms with Crippen LogP contribution in [0.3, 0.4) is 0 Å². The van der Waals surface area contributed by atoms with Crippen LogP contribution < -0.4 is 0 Å². The zero-order valence-electron chi connectivity index (χ0n) is 9.93. The number of thiazole rings is 1. The summed E-state index contributed by atoms with van der Waals surface area (Å²) in [6, 6.07) is 2.40. The zero-order chi connectivity index (χ0) is 12.1. The van der Waals surface area contributed by atoms with E-state index < -0.39 is 11.5 Å². The predicted molar refractivity (Wildman–Crippen MR) is 67.4 cm³/mol. The van der Waals surface area contributed by atoms with Crippen molar-refractivity contribution >= 4 is 11.3 Å². The Morgan fingerprint density at radius 2 is 1.94 bits per heavy atom. The summed E-state index contributed by atoms with van der Waals surface area (Å²) in [5, 5.41) is 20.0. The van der Waals surface area contributed by atoms with E-state index in [1.807, 2.05) is 0 Å². The molecule has 1 N–H and O–H groups in total. The van der Waals surface area contributed by atoms with Gasteiger partial charge in [-0.1, -0.05) is 32.1 Å². The molecule has 0 radical (unpaired) electrons. The smallest absolute Gasteiger partial charge is 0.108 e. The molecule has 1 aliphatic carbocycles. The molecule has 0 spiro atoms. The highest BCUT2D eigenvalue weighted by Crippen LogP contribution is 2.44. The molecule has 0 saturated heterocycles. The van der Waals surface area contributed by atoms with E-state index in [0.29, 0.717) is 0 Å². The summed E-state index contributed by atoms with van der Waals surface area (Å²) in [7, 11) is 0. The molecule has 1 aliphatic rings. The van der Waals surface area contributed by atoms with Gasteiger partial charge in [0.15, 0.2) is 0 Å². The molecule has 1 aromatic rings. The number of aliphatic hydroxyl groups excluding tert-OH is 1. The predicted octanol–water partition coefficient (Wildman–Crippen LogP) is 3.43. The molecule has 92 valence electrons. The van der Waals surface area contributed by atoms with Crippen molar-refractivity contribution in [1.82, 2.24) is 4.98 Å². The van der Waals surface area contributed by atoms with Gasteiger partial charge in [-0.15, -0.1) is 11.3 Å². The molecule has 0 bridgehead atoms. The van der Waals surface area contributed by atoms with E-state index in [9.17, 15) is 10.4 Å². The first-order chi connectivity index (χ1) is 8.28. The summed E-state index contributed by atoms with van der Waals surface area (Å²) >= 11 is 1.44. The third-order valence-electron chi connectivity index (χ3n) is 3.71. The minimum absolute atomic E-state index is 0.590. The van der Waals surface area contributed by atoms with Gasteiger partial charge < -0.3 is 5.11 Å². The first-order valence-electron chi connectivity index (χ1n) is 6.26. The highest BCUT2D eigenvalue weighted by molar-refractivity contribution is 7.09. The van der Waals surface area contributed by atoms with Gasteiger partial charge in [-0.2, -0.15) is 5.26 Å². The molecule has 3 nitrogen and oxygen atoms in total. The summed E-state index contributed by atoms with van der Waals surface area (Å²) < 4.78 is 0. The Morgan fingerprint density at radius 1 is 1.29 bits per heavy atom. The molecule has 1 heterocycles. The molecule has 1 fully saturated rings. The summed E-state index contributed by atoms with van der Waals surface area (Å²) in [5.41, 5.74) is 1.12. The van der Waals surface area contributed by atoms with Crippen LogP contribution in [0.5, 0.6) is 0 Å². The standard InChI is InChI=1S/C13H18N2OS/c14-9-13(6-4-2-1-3-5-7-13)12(16)11-8-15-10-17-11/h8,10,12,16H,1-7H2. The van der Waals surface area contributed by atoms with E-state index in [-0.39, 0.29) is 0 Å². The zero-order valence-corrected chi connectivity index (χ0v) is 10.7. The van der Waals surface area contributed by atoms with Crippen molar-refractivity contribution in [1.29, 1.82) is 5.26 Å². The van der Waals surface area contributed by atoms with E-state index in [1.165, 1.54) is 30.6 Å². The third kappa shape index (κ3) is 2.67. The average Bonchev–Trinajstić information content (AvgIpc) is 2.82. The van der Waals surface area contributed by atoms with E-state index in [4.69, 9.17) is 0 Å². The van der Waals surface area contributed by atoms with Crippen LogP contribution in [0.25, 0.3) is 0 Å². The second-order valence-corrected chi connectivity index (χ2v) is 5.76. The van der Waals surface area contributed by atoms with E-state index in [1.54, 1.807) is 11.7 Å². The van der Waals surface area contributed by atoms with Gasteiger partial charge >= 0.3 is 0 Å². The van der Waals surface area contributed by atoms with E-state index >= 15 is 0 Å². The highest BCUT2D eigenvalue weighted by atomic mass is 32.1. The lowest BCUT2D eigenvalue weighted by atomic mass is 9.73. The van der Waals surface area contributed by atoms with Gasteiger partial charge in [0.25, 0.3) is 0 Å². The minimum atomic E-state index is -0.668. The van der Waals surface area contributed by atoms with Crippen LogP contribution in [-0.4, -0.2) is 10.1 Å². The van der Waals surface area contributed by atoms with Crippen LogP contribution in [0.1, 0.15) is 55.9 Å². The normalized spacial score (nSPS) is 22.1. The second-order valence-electron chi connectivity index (χ2n) is 4.84. The van der Waals surface area contributed by atoms with Crippen LogP contribution in [0, 0.1) is 16.7 Å². The van der Waals surface area contributed by atoms with Gasteiger partial charge in [0.1, 0.15) is 6.10 Å². The molecule has 4 heteroatoms. The Morgan fingerprint density at radius 3 is 2.47 bits per heavy atom. The Labute approximate surface area is 106 Å². The Kier molecular flexibility index (Phi) is 4.14.